The molecule has 3 aromatic carbocycles. The summed E-state index contributed by atoms with van der Waals surface area (Å²) in [4.78, 5) is 2.35. The third-order valence-corrected chi connectivity index (χ3v) is 8.17. The van der Waals surface area contributed by atoms with E-state index >= 15 is 0 Å². The van der Waals surface area contributed by atoms with Gasteiger partial charge < -0.3 is 9.45 Å². The zero-order valence-corrected chi connectivity index (χ0v) is 22.1. The van der Waals surface area contributed by atoms with Crippen LogP contribution >= 0.6 is 0 Å². The van der Waals surface area contributed by atoms with Crippen LogP contribution in [0.25, 0.3) is 33.0 Å². The van der Waals surface area contributed by atoms with Crippen molar-refractivity contribution in [3.05, 3.63) is 103 Å². The molecule has 0 aliphatic carbocycles. The molecule has 1 saturated heterocycles. The molecule has 0 atom stereocenters. The maximum absolute atomic E-state index is 10.4. The Morgan fingerprint density at radius 2 is 1.53 bits per heavy atom. The fourth-order valence-electron chi connectivity index (χ4n) is 5.34. The smallest absolute Gasteiger partial charge is 0.292 e. The lowest BCUT2D eigenvalue weighted by molar-refractivity contribution is -0.479. The van der Waals surface area contributed by atoms with E-state index < -0.39 is 10.1 Å². The number of anilines is 1. The Labute approximate surface area is 222 Å². The summed E-state index contributed by atoms with van der Waals surface area (Å²) in [5.41, 5.74) is 7.23. The number of imidazole rings is 1. The van der Waals surface area contributed by atoms with Gasteiger partial charge in [0.2, 0.25) is 0 Å². The molecule has 1 aliphatic rings. The van der Waals surface area contributed by atoms with E-state index in [1.807, 2.05) is 6.92 Å². The summed E-state index contributed by atoms with van der Waals surface area (Å²) in [6.45, 7) is 4.19. The number of nitrogens with zero attached hydrogens (tertiary/aromatic N) is 3. The number of piperidine rings is 1. The van der Waals surface area contributed by atoms with Crippen molar-refractivity contribution in [1.82, 2.24) is 4.40 Å². The zero-order chi connectivity index (χ0) is 26.3. The van der Waals surface area contributed by atoms with Crippen LogP contribution in [0.3, 0.4) is 0 Å². The quantitative estimate of drug-likeness (QED) is 0.210. The van der Waals surface area contributed by atoms with Gasteiger partial charge in [-0.05, 0) is 80.8 Å². The lowest BCUT2D eigenvalue weighted by atomic mass is 10.1. The first-order chi connectivity index (χ1) is 18.4. The second-order valence-electron chi connectivity index (χ2n) is 9.90. The van der Waals surface area contributed by atoms with Crippen LogP contribution in [0.2, 0.25) is 0 Å². The first-order valence-electron chi connectivity index (χ1n) is 12.9. The summed E-state index contributed by atoms with van der Waals surface area (Å²) in [6.07, 6.45) is 6.24. The standard InChI is InChI=1S/C24H22N3.C7H8O3S/c1-4-14-25(15-5-1)20-11-12-22-19(16-20)9-13-24-26(22)17-21-10-8-18-6-2-3-7-23(18)27(21)24;1-6-2-4-7(5-3-6)11(8,9)10/h2-3,6-13,16-17H,1,4-5,14-15H2;2-5H,1H3,(H,8,9,10)/q+1;/p-1. The van der Waals surface area contributed by atoms with E-state index in [-0.39, 0.29) is 4.90 Å². The van der Waals surface area contributed by atoms with Crippen LogP contribution in [0.4, 0.5) is 5.69 Å². The van der Waals surface area contributed by atoms with Crippen LogP contribution in [0.1, 0.15) is 24.8 Å². The third kappa shape index (κ3) is 4.59. The molecule has 0 unspecified atom stereocenters. The molecule has 7 heteroatoms. The highest BCUT2D eigenvalue weighted by Crippen LogP contribution is 2.25. The minimum Gasteiger partial charge on any atom is -0.744 e. The van der Waals surface area contributed by atoms with Gasteiger partial charge in [0.05, 0.1) is 4.90 Å². The summed E-state index contributed by atoms with van der Waals surface area (Å²) in [5, 5.41) is 2.57. The van der Waals surface area contributed by atoms with Crippen molar-refractivity contribution in [2.45, 2.75) is 31.1 Å². The predicted octanol–water partition coefficient (Wildman–Crippen LogP) is 5.87. The first kappa shape index (κ1) is 24.4. The van der Waals surface area contributed by atoms with Crippen molar-refractivity contribution in [2.24, 2.45) is 0 Å². The van der Waals surface area contributed by atoms with E-state index in [0.29, 0.717) is 0 Å². The Morgan fingerprint density at radius 3 is 2.29 bits per heavy atom. The molecular formula is C31H29N3O3S. The molecule has 0 bridgehead atoms. The van der Waals surface area contributed by atoms with Crippen molar-refractivity contribution >= 4 is 48.8 Å². The number of hydrogen-bond donors (Lipinski definition) is 0. The second-order valence-corrected chi connectivity index (χ2v) is 11.3. The number of fused-ring (bicyclic) bond motifs is 7. The Hall–Kier alpha value is -3.94. The highest BCUT2D eigenvalue weighted by molar-refractivity contribution is 7.85. The summed E-state index contributed by atoms with van der Waals surface area (Å²) in [6, 6.07) is 30.3. The predicted molar refractivity (Wildman–Crippen MR) is 151 cm³/mol. The molecule has 38 heavy (non-hydrogen) atoms. The van der Waals surface area contributed by atoms with Gasteiger partial charge in [-0.15, -0.1) is 0 Å². The number of para-hydroxylation sites is 1. The fourth-order valence-corrected chi connectivity index (χ4v) is 5.81. The summed E-state index contributed by atoms with van der Waals surface area (Å²) >= 11 is 0. The van der Waals surface area contributed by atoms with Gasteiger partial charge in [-0.2, -0.15) is 8.80 Å². The van der Waals surface area contributed by atoms with Gasteiger partial charge in [0.15, 0.2) is 5.52 Å². The molecule has 4 heterocycles. The number of pyridine rings is 2. The van der Waals surface area contributed by atoms with Crippen LogP contribution in [-0.2, 0) is 10.1 Å². The first-order valence-corrected chi connectivity index (χ1v) is 14.3. The van der Waals surface area contributed by atoms with E-state index in [1.54, 1.807) is 12.1 Å². The Balaban J connectivity index is 0.000000204. The van der Waals surface area contributed by atoms with Crippen LogP contribution in [-0.4, -0.2) is 30.5 Å². The van der Waals surface area contributed by atoms with Gasteiger partial charge in [0.1, 0.15) is 27.3 Å². The van der Waals surface area contributed by atoms with Crippen molar-refractivity contribution in [3.63, 3.8) is 0 Å². The summed E-state index contributed by atoms with van der Waals surface area (Å²) in [5.74, 6) is 0. The monoisotopic (exact) mass is 523 g/mol. The average Bonchev–Trinajstić information content (AvgIpc) is 3.33. The molecule has 1 aliphatic heterocycles. The number of benzene rings is 3. The molecule has 0 saturated carbocycles. The van der Waals surface area contributed by atoms with Crippen molar-refractivity contribution in [3.8, 4) is 0 Å². The molecule has 6 aromatic rings. The van der Waals surface area contributed by atoms with Crippen molar-refractivity contribution in [2.75, 3.05) is 18.0 Å². The molecule has 0 spiro atoms. The minimum absolute atomic E-state index is 0.178. The number of aryl methyl sites for hydroxylation is 1. The van der Waals surface area contributed by atoms with Gasteiger partial charge in [0, 0.05) is 35.6 Å². The molecule has 0 N–H and O–H groups in total. The fraction of sp³-hybridized carbons (Fsp3) is 0.194. The number of rotatable bonds is 2. The van der Waals surface area contributed by atoms with Gasteiger partial charge >= 0.3 is 0 Å². The van der Waals surface area contributed by atoms with Crippen LogP contribution in [0.5, 0.6) is 0 Å². The highest BCUT2D eigenvalue weighted by atomic mass is 32.2. The van der Waals surface area contributed by atoms with E-state index in [9.17, 15) is 13.0 Å². The van der Waals surface area contributed by atoms with Crippen LogP contribution in [0, 0.1) is 6.92 Å². The van der Waals surface area contributed by atoms with Gasteiger partial charge in [-0.1, -0.05) is 35.9 Å². The molecule has 3 aromatic heterocycles. The second kappa shape index (κ2) is 9.74. The molecule has 0 radical (unpaired) electrons. The largest absolute Gasteiger partial charge is 0.744 e. The normalized spacial score (nSPS) is 14.2. The summed E-state index contributed by atoms with van der Waals surface area (Å²) < 4.78 is 35.9. The molecule has 7 rings (SSSR count). The van der Waals surface area contributed by atoms with E-state index in [1.165, 1.54) is 83.1 Å². The maximum atomic E-state index is 10.4. The van der Waals surface area contributed by atoms with E-state index in [0.717, 1.165) is 5.56 Å². The van der Waals surface area contributed by atoms with Crippen molar-refractivity contribution in [1.29, 1.82) is 0 Å². The SMILES string of the molecule is Cc1ccc(S(=O)(=O)[O-])cc1.c1ccc2c(c1)ccc1c[n+]3c4ccc(N5CCCCC5)cc4ccc3n12. The number of aromatic nitrogens is 2. The van der Waals surface area contributed by atoms with Gasteiger partial charge in [0.25, 0.3) is 5.65 Å². The molecular weight excluding hydrogens is 494 g/mol. The van der Waals surface area contributed by atoms with E-state index in [2.05, 4.69) is 86.6 Å². The Kier molecular flexibility index (Phi) is 6.26. The van der Waals surface area contributed by atoms with Gasteiger partial charge in [-0.3, -0.25) is 0 Å². The van der Waals surface area contributed by atoms with E-state index in [4.69, 9.17) is 0 Å². The molecule has 1 fully saturated rings. The minimum atomic E-state index is -4.27. The lowest BCUT2D eigenvalue weighted by Gasteiger charge is -2.28. The Bertz CT molecular complexity index is 1890. The topological polar surface area (TPSA) is 69.0 Å². The average molecular weight is 524 g/mol. The molecule has 0 amide bonds. The maximum Gasteiger partial charge on any atom is 0.292 e. The zero-order valence-electron chi connectivity index (χ0n) is 21.2. The van der Waals surface area contributed by atoms with Gasteiger partial charge in [-0.25, -0.2) is 8.42 Å². The molecule has 6 nitrogen and oxygen atoms in total. The van der Waals surface area contributed by atoms with Crippen LogP contribution in [0.15, 0.2) is 102 Å². The number of hydrogen-bond acceptors (Lipinski definition) is 4. The summed E-state index contributed by atoms with van der Waals surface area (Å²) in [7, 11) is -4.27. The van der Waals surface area contributed by atoms with Crippen molar-refractivity contribution < 1.29 is 17.4 Å². The highest BCUT2D eigenvalue weighted by Gasteiger charge is 2.18. The van der Waals surface area contributed by atoms with Crippen LogP contribution < -0.4 is 9.30 Å². The lowest BCUT2D eigenvalue weighted by Crippen LogP contribution is -2.29. The third-order valence-electron chi connectivity index (χ3n) is 7.32. The molecule has 192 valence electrons. The Morgan fingerprint density at radius 1 is 0.789 bits per heavy atom.